The van der Waals surface area contributed by atoms with Crippen LogP contribution < -0.4 is 25.2 Å². The summed E-state index contributed by atoms with van der Waals surface area (Å²) in [5.74, 6) is -0.710. The molecule has 6 heterocycles. The molecule has 4 aromatic rings. The van der Waals surface area contributed by atoms with Crippen LogP contribution in [0.2, 0.25) is 0 Å². The van der Waals surface area contributed by atoms with Crippen molar-refractivity contribution in [2.75, 3.05) is 47.8 Å². The fraction of sp³-hybridized carbons (Fsp3) is 0.435. The highest BCUT2D eigenvalue weighted by molar-refractivity contribution is 6.23. The molecule has 0 bridgehead atoms. The molecular weight excluding hydrogens is 789 g/mol. The number of hydrogen-bond donors (Lipinski definition) is 2. The standard InChI is InChI=1S/C46H50N10O6/c1-4-53(32-20-34(21-32)62-33-9-10-35-37(22-33)45(60)56(44(35)59)39-12-14-41(57)51-43(39)58)31-15-18-52(19-16-31)40-13-8-30(24-49-40)50-46(61)55-26-27(2)54(25-28(55)3)38-11-7-29(23-47)42-36(38)6-5-17-48-42/h5-11,13,17,22,24,27-28,31-32,34,39H,4,12,14-16,18-21,25-26H2,1-3H3,(H,50,61)(H,51,57,58)/t27-,28+,32?,34?,39?/m0/s1. The summed E-state index contributed by atoms with van der Waals surface area (Å²) in [5.41, 5.74) is 3.34. The molecule has 4 fully saturated rings. The molecule has 16 heteroatoms. The Balaban J connectivity index is 0.740. The van der Waals surface area contributed by atoms with Gasteiger partial charge in [0.25, 0.3) is 11.8 Å². The van der Waals surface area contributed by atoms with Gasteiger partial charge in [-0.25, -0.2) is 9.78 Å². The van der Waals surface area contributed by atoms with E-state index in [1.807, 2.05) is 41.3 Å². The fourth-order valence-electron chi connectivity index (χ4n) is 9.95. The van der Waals surface area contributed by atoms with Crippen LogP contribution in [0.1, 0.15) is 85.6 Å². The quantitative estimate of drug-likeness (QED) is 0.217. The van der Waals surface area contributed by atoms with Gasteiger partial charge >= 0.3 is 6.03 Å². The van der Waals surface area contributed by atoms with Crippen LogP contribution in [0, 0.1) is 11.3 Å². The number of pyridine rings is 2. The van der Waals surface area contributed by atoms with E-state index in [-0.39, 0.29) is 48.2 Å². The maximum atomic E-state index is 13.6. The number of nitriles is 1. The summed E-state index contributed by atoms with van der Waals surface area (Å²) in [6.45, 7) is 10.2. The monoisotopic (exact) mass is 838 g/mol. The van der Waals surface area contributed by atoms with Crippen molar-refractivity contribution in [1.29, 1.82) is 5.26 Å². The van der Waals surface area contributed by atoms with Gasteiger partial charge in [-0.15, -0.1) is 0 Å². The Labute approximate surface area is 359 Å². The number of aromatic nitrogens is 2. The number of carbonyl (C=O) groups is 5. The molecule has 2 aromatic heterocycles. The van der Waals surface area contributed by atoms with Crippen LogP contribution in [0.25, 0.3) is 10.9 Å². The highest BCUT2D eigenvalue weighted by atomic mass is 16.5. The van der Waals surface area contributed by atoms with Gasteiger partial charge < -0.3 is 24.8 Å². The Hall–Kier alpha value is -6.60. The van der Waals surface area contributed by atoms with E-state index in [1.165, 1.54) is 0 Å². The summed E-state index contributed by atoms with van der Waals surface area (Å²) in [6.07, 6.45) is 7.31. The Morgan fingerprint density at radius 2 is 1.73 bits per heavy atom. The first-order valence-electron chi connectivity index (χ1n) is 21.6. The van der Waals surface area contributed by atoms with E-state index in [0.717, 1.165) is 67.1 Å². The van der Waals surface area contributed by atoms with E-state index in [1.54, 1.807) is 30.6 Å². The largest absolute Gasteiger partial charge is 0.490 e. The van der Waals surface area contributed by atoms with Crippen LogP contribution in [0.4, 0.5) is 22.0 Å². The first kappa shape index (κ1) is 40.8. The SMILES string of the molecule is CCN(C1CCN(c2ccc(NC(=O)N3C[C@H](C)N(c4ccc(C#N)c5ncccc45)C[C@H]3C)cn2)CC1)C1CC(Oc2ccc3c(c2)C(=O)N(C2CCC(=O)NC2=O)C3=O)C1. The molecule has 62 heavy (non-hydrogen) atoms. The van der Waals surface area contributed by atoms with Crippen molar-refractivity contribution in [3.8, 4) is 11.8 Å². The molecule has 0 spiro atoms. The van der Waals surface area contributed by atoms with E-state index in [2.05, 4.69) is 57.2 Å². The molecule has 2 aromatic carbocycles. The number of carbonyl (C=O) groups excluding carboxylic acids is 5. The maximum Gasteiger partial charge on any atom is 0.322 e. The first-order chi connectivity index (χ1) is 30.0. The van der Waals surface area contributed by atoms with Gasteiger partial charge in [0.1, 0.15) is 29.8 Å². The van der Waals surface area contributed by atoms with Crippen molar-refractivity contribution in [2.45, 2.75) is 95.6 Å². The zero-order chi connectivity index (χ0) is 43.2. The highest BCUT2D eigenvalue weighted by Gasteiger charge is 2.45. The van der Waals surface area contributed by atoms with Crippen molar-refractivity contribution in [3.05, 3.63) is 83.7 Å². The molecule has 9 rings (SSSR count). The summed E-state index contributed by atoms with van der Waals surface area (Å²) in [6, 6.07) is 18.3. The van der Waals surface area contributed by atoms with Gasteiger partial charge in [0.05, 0.1) is 34.1 Å². The number of anilines is 3. The molecule has 1 unspecified atom stereocenters. The summed E-state index contributed by atoms with van der Waals surface area (Å²) in [4.78, 5) is 83.2. The van der Waals surface area contributed by atoms with Crippen LogP contribution >= 0.6 is 0 Å². The average Bonchev–Trinajstić information content (AvgIpc) is 3.51. The predicted molar refractivity (Wildman–Crippen MR) is 231 cm³/mol. The van der Waals surface area contributed by atoms with Gasteiger partial charge in [0.15, 0.2) is 0 Å². The third-order valence-corrected chi connectivity index (χ3v) is 13.3. The normalized spacial score (nSPS) is 24.2. The lowest BCUT2D eigenvalue weighted by Crippen LogP contribution is -2.59. The summed E-state index contributed by atoms with van der Waals surface area (Å²) < 4.78 is 6.29. The van der Waals surface area contributed by atoms with Crippen molar-refractivity contribution in [1.82, 2.24) is 30.0 Å². The van der Waals surface area contributed by atoms with Gasteiger partial charge in [-0.1, -0.05) is 6.92 Å². The minimum absolute atomic E-state index is 0.0162. The number of urea groups is 1. The third kappa shape index (κ3) is 7.55. The van der Waals surface area contributed by atoms with E-state index >= 15 is 0 Å². The van der Waals surface area contributed by atoms with Crippen molar-refractivity contribution < 1.29 is 28.7 Å². The molecule has 1 aliphatic carbocycles. The van der Waals surface area contributed by atoms with Gasteiger partial charge in [-0.05, 0) is 94.3 Å². The van der Waals surface area contributed by atoms with Crippen LogP contribution in [0.15, 0.2) is 67.0 Å². The van der Waals surface area contributed by atoms with Crippen LogP contribution in [0.3, 0.4) is 0 Å². The summed E-state index contributed by atoms with van der Waals surface area (Å²) in [5, 5.41) is 15.8. The Bertz CT molecular complexity index is 2480. The Kier molecular flexibility index (Phi) is 11.0. The molecule has 3 atom stereocenters. The van der Waals surface area contributed by atoms with Gasteiger partial charge in [0.2, 0.25) is 11.8 Å². The Morgan fingerprint density at radius 3 is 2.45 bits per heavy atom. The zero-order valence-electron chi connectivity index (χ0n) is 35.1. The van der Waals surface area contributed by atoms with Crippen LogP contribution in [-0.4, -0.2) is 123 Å². The number of amides is 6. The molecule has 16 nitrogen and oxygen atoms in total. The average molecular weight is 839 g/mol. The van der Waals surface area contributed by atoms with Crippen LogP contribution in [0.5, 0.6) is 5.75 Å². The van der Waals surface area contributed by atoms with Gasteiger partial charge in [-0.2, -0.15) is 5.26 Å². The third-order valence-electron chi connectivity index (χ3n) is 13.3. The molecule has 1 saturated carbocycles. The number of nitrogens with one attached hydrogen (secondary N) is 2. The van der Waals surface area contributed by atoms with E-state index in [0.29, 0.717) is 47.7 Å². The second-order valence-electron chi connectivity index (χ2n) is 17.0. The topological polar surface area (TPSA) is 184 Å². The van der Waals surface area contributed by atoms with Gasteiger partial charge in [-0.3, -0.25) is 39.3 Å². The number of hydrogen-bond acceptors (Lipinski definition) is 12. The van der Waals surface area contributed by atoms with Crippen molar-refractivity contribution >= 4 is 57.8 Å². The van der Waals surface area contributed by atoms with Crippen molar-refractivity contribution in [2.24, 2.45) is 0 Å². The fourth-order valence-corrected chi connectivity index (χ4v) is 9.95. The number of rotatable bonds is 9. The maximum absolute atomic E-state index is 13.6. The number of piperazine rings is 1. The second kappa shape index (κ2) is 16.7. The number of fused-ring (bicyclic) bond motifs is 2. The summed E-state index contributed by atoms with van der Waals surface area (Å²) >= 11 is 0. The lowest BCUT2D eigenvalue weighted by Gasteiger charge is -2.48. The molecule has 0 radical (unpaired) electrons. The minimum atomic E-state index is -1.00. The number of benzene rings is 2. The number of ether oxygens (including phenoxy) is 1. The smallest absolute Gasteiger partial charge is 0.322 e. The molecule has 4 aliphatic heterocycles. The first-order valence-corrected chi connectivity index (χ1v) is 21.6. The lowest BCUT2D eigenvalue weighted by molar-refractivity contribution is -0.136. The number of piperidine rings is 2. The van der Waals surface area contributed by atoms with E-state index in [4.69, 9.17) is 9.72 Å². The van der Waals surface area contributed by atoms with Crippen LogP contribution in [-0.2, 0) is 9.59 Å². The predicted octanol–water partition coefficient (Wildman–Crippen LogP) is 4.93. The van der Waals surface area contributed by atoms with Gasteiger partial charge in [0, 0.05) is 86.9 Å². The molecule has 2 N–H and O–H groups in total. The minimum Gasteiger partial charge on any atom is -0.490 e. The van der Waals surface area contributed by atoms with Crippen molar-refractivity contribution in [3.63, 3.8) is 0 Å². The molecule has 320 valence electrons. The Morgan fingerprint density at radius 1 is 0.935 bits per heavy atom. The zero-order valence-corrected chi connectivity index (χ0v) is 35.1. The summed E-state index contributed by atoms with van der Waals surface area (Å²) in [7, 11) is 0. The molecular formula is C46H50N10O6. The number of imide groups is 2. The highest BCUT2D eigenvalue weighted by Crippen LogP contribution is 2.37. The van der Waals surface area contributed by atoms with E-state index in [9.17, 15) is 29.2 Å². The second-order valence-corrected chi connectivity index (χ2v) is 17.0. The molecule has 5 aliphatic rings. The number of nitrogens with zero attached hydrogens (tertiary/aromatic N) is 8. The lowest BCUT2D eigenvalue weighted by atomic mass is 9.85. The van der Waals surface area contributed by atoms with E-state index < -0.39 is 29.7 Å². The molecule has 6 amide bonds. The molecule has 3 saturated heterocycles.